The smallest absolute Gasteiger partial charge is 0.306 e. The zero-order chi connectivity index (χ0) is 52.9. The molecule has 0 unspecified atom stereocenters. The van der Waals surface area contributed by atoms with Gasteiger partial charge in [0.15, 0.2) is 6.10 Å². The molecular weight excluding hydrogens is 901 g/mol. The Morgan fingerprint density at radius 3 is 0.904 bits per heavy atom. The molecule has 0 heterocycles. The number of ether oxygens (including phenoxy) is 3. The maximum absolute atomic E-state index is 12.9. The molecule has 0 spiro atoms. The summed E-state index contributed by atoms with van der Waals surface area (Å²) in [4.78, 5) is 38.2. The topological polar surface area (TPSA) is 78.9 Å². The molecule has 0 aromatic rings. The summed E-state index contributed by atoms with van der Waals surface area (Å²) in [6, 6.07) is 0. The summed E-state index contributed by atoms with van der Waals surface area (Å²) in [5, 5.41) is 0. The highest BCUT2D eigenvalue weighted by molar-refractivity contribution is 5.71. The molecule has 73 heavy (non-hydrogen) atoms. The third-order valence-corrected chi connectivity index (χ3v) is 12.1. The molecule has 0 aliphatic rings. The van der Waals surface area contributed by atoms with E-state index in [1.807, 2.05) is 0 Å². The Kier molecular flexibility index (Phi) is 56.4. The highest BCUT2D eigenvalue weighted by atomic mass is 16.6. The predicted octanol–water partition coefficient (Wildman–Crippen LogP) is 20.2. The molecular formula is C67H108O6. The molecule has 0 N–H and O–H groups in total. The van der Waals surface area contributed by atoms with Crippen LogP contribution in [0.25, 0.3) is 0 Å². The Morgan fingerprint density at radius 1 is 0.288 bits per heavy atom. The molecule has 0 fully saturated rings. The summed E-state index contributed by atoms with van der Waals surface area (Å²) in [6.07, 6.45) is 84.4. The van der Waals surface area contributed by atoms with Crippen LogP contribution in [0.5, 0.6) is 0 Å². The molecule has 0 bridgehead atoms. The third kappa shape index (κ3) is 58.3. The van der Waals surface area contributed by atoms with E-state index in [1.165, 1.54) is 96.3 Å². The minimum absolute atomic E-state index is 0.115. The van der Waals surface area contributed by atoms with Crippen LogP contribution in [0.2, 0.25) is 0 Å². The average Bonchev–Trinajstić information content (AvgIpc) is 3.39. The molecule has 6 nitrogen and oxygen atoms in total. The molecule has 0 rings (SSSR count). The van der Waals surface area contributed by atoms with Crippen LogP contribution in [0.1, 0.15) is 252 Å². The first kappa shape index (κ1) is 68.6. The van der Waals surface area contributed by atoms with Gasteiger partial charge in [0.25, 0.3) is 0 Å². The quantitative estimate of drug-likeness (QED) is 0.0261. The largest absolute Gasteiger partial charge is 0.462 e. The number of esters is 3. The van der Waals surface area contributed by atoms with Crippen LogP contribution in [0.15, 0.2) is 134 Å². The lowest BCUT2D eigenvalue weighted by Crippen LogP contribution is -2.30. The maximum Gasteiger partial charge on any atom is 0.306 e. The zero-order valence-corrected chi connectivity index (χ0v) is 47.1. The summed E-state index contributed by atoms with van der Waals surface area (Å²) in [5.41, 5.74) is 0. The maximum atomic E-state index is 12.9. The highest BCUT2D eigenvalue weighted by Crippen LogP contribution is 2.14. The molecule has 0 saturated carbocycles. The lowest BCUT2D eigenvalue weighted by molar-refractivity contribution is -0.167. The second-order valence-electron chi connectivity index (χ2n) is 19.2. The summed E-state index contributed by atoms with van der Waals surface area (Å²) in [6.45, 7) is 6.39. The Bertz CT molecular complexity index is 1580. The van der Waals surface area contributed by atoms with Crippen molar-refractivity contribution in [2.24, 2.45) is 0 Å². The minimum Gasteiger partial charge on any atom is -0.462 e. The van der Waals surface area contributed by atoms with Gasteiger partial charge in [-0.3, -0.25) is 14.4 Å². The van der Waals surface area contributed by atoms with Gasteiger partial charge in [0.05, 0.1) is 0 Å². The number of hydrogen-bond acceptors (Lipinski definition) is 6. The molecule has 0 aromatic heterocycles. The third-order valence-electron chi connectivity index (χ3n) is 12.1. The van der Waals surface area contributed by atoms with E-state index in [0.717, 1.165) is 103 Å². The normalized spacial score (nSPS) is 13.1. The predicted molar refractivity (Wildman–Crippen MR) is 316 cm³/mol. The average molecular weight is 1010 g/mol. The first-order valence-corrected chi connectivity index (χ1v) is 29.7. The van der Waals surface area contributed by atoms with Gasteiger partial charge in [0.1, 0.15) is 13.2 Å². The molecule has 0 aliphatic carbocycles. The number of carbonyl (C=O) groups excluding carboxylic acids is 3. The van der Waals surface area contributed by atoms with E-state index >= 15 is 0 Å². The van der Waals surface area contributed by atoms with E-state index in [1.54, 1.807) is 0 Å². The molecule has 0 aromatic carbocycles. The highest BCUT2D eigenvalue weighted by Gasteiger charge is 2.19. The summed E-state index contributed by atoms with van der Waals surface area (Å²) < 4.78 is 16.8. The van der Waals surface area contributed by atoms with Crippen LogP contribution in [0.3, 0.4) is 0 Å². The van der Waals surface area contributed by atoms with Crippen molar-refractivity contribution in [3.8, 4) is 0 Å². The van der Waals surface area contributed by atoms with E-state index in [9.17, 15) is 14.4 Å². The Balaban J connectivity index is 4.55. The van der Waals surface area contributed by atoms with Gasteiger partial charge in [-0.15, -0.1) is 0 Å². The standard InChI is InChI=1S/C67H108O6/c1-4-7-10-13-16-19-22-25-28-31-33-36-39-42-45-48-51-54-57-60-66(69)72-63-64(62-71-65(68)59-56-53-50-47-44-41-38-35-30-27-24-21-18-15-12-9-6-3)73-67(70)61-58-55-52-49-46-43-40-37-34-32-29-26-23-20-17-14-11-8-5-2/h8,11,16-21,25-30,34,37-38,41,43,46-47,50,64H,4-7,9-10,12-15,22-24,31-33,35-36,39-40,42,44-45,48-49,51-63H2,1-3H3/b11-8-,19-16-,20-17-,21-18-,28-25-,29-26-,30-27-,37-34-,41-38-,46-43-,50-47-/t64-/m0/s1. The fourth-order valence-electron chi connectivity index (χ4n) is 7.67. The molecule has 412 valence electrons. The first-order valence-electron chi connectivity index (χ1n) is 29.7. The van der Waals surface area contributed by atoms with Gasteiger partial charge in [-0.05, 0) is 135 Å². The van der Waals surface area contributed by atoms with Crippen molar-refractivity contribution in [3.05, 3.63) is 134 Å². The van der Waals surface area contributed by atoms with Crippen molar-refractivity contribution in [2.75, 3.05) is 13.2 Å². The van der Waals surface area contributed by atoms with Gasteiger partial charge in [-0.25, -0.2) is 0 Å². The number of hydrogen-bond donors (Lipinski definition) is 0. The monoisotopic (exact) mass is 1010 g/mol. The van der Waals surface area contributed by atoms with Crippen molar-refractivity contribution in [1.29, 1.82) is 0 Å². The van der Waals surface area contributed by atoms with Crippen molar-refractivity contribution in [1.82, 2.24) is 0 Å². The number of allylic oxidation sites excluding steroid dienone is 22. The van der Waals surface area contributed by atoms with Crippen LogP contribution in [0.4, 0.5) is 0 Å². The summed E-state index contributed by atoms with van der Waals surface area (Å²) >= 11 is 0. The van der Waals surface area contributed by atoms with Gasteiger partial charge < -0.3 is 14.2 Å². The second kappa shape index (κ2) is 60.1. The number of rotatable bonds is 52. The number of carbonyl (C=O) groups is 3. The van der Waals surface area contributed by atoms with E-state index < -0.39 is 6.10 Å². The fourth-order valence-corrected chi connectivity index (χ4v) is 7.67. The lowest BCUT2D eigenvalue weighted by Gasteiger charge is -2.18. The summed E-state index contributed by atoms with van der Waals surface area (Å²) in [7, 11) is 0. The molecule has 0 aliphatic heterocycles. The van der Waals surface area contributed by atoms with Gasteiger partial charge in [0, 0.05) is 19.3 Å². The Hall–Kier alpha value is -4.45. The molecule has 1 atom stereocenters. The van der Waals surface area contributed by atoms with Crippen molar-refractivity contribution in [3.63, 3.8) is 0 Å². The van der Waals surface area contributed by atoms with Crippen LogP contribution in [0, 0.1) is 0 Å². The van der Waals surface area contributed by atoms with Crippen molar-refractivity contribution in [2.45, 2.75) is 258 Å². The van der Waals surface area contributed by atoms with Gasteiger partial charge in [-0.2, -0.15) is 0 Å². The van der Waals surface area contributed by atoms with E-state index in [0.29, 0.717) is 19.3 Å². The molecule has 6 heteroatoms. The van der Waals surface area contributed by atoms with Crippen LogP contribution in [-0.2, 0) is 28.6 Å². The zero-order valence-electron chi connectivity index (χ0n) is 47.1. The van der Waals surface area contributed by atoms with E-state index in [-0.39, 0.29) is 44.0 Å². The molecule has 0 saturated heterocycles. The van der Waals surface area contributed by atoms with E-state index in [4.69, 9.17) is 14.2 Å². The lowest BCUT2D eigenvalue weighted by atomic mass is 10.1. The molecule has 0 amide bonds. The number of unbranched alkanes of at least 4 members (excludes halogenated alkanes) is 19. The van der Waals surface area contributed by atoms with E-state index in [2.05, 4.69) is 154 Å². The van der Waals surface area contributed by atoms with Crippen LogP contribution in [-0.4, -0.2) is 37.2 Å². The van der Waals surface area contributed by atoms with Gasteiger partial charge >= 0.3 is 17.9 Å². The van der Waals surface area contributed by atoms with Gasteiger partial charge in [-0.1, -0.05) is 231 Å². The Morgan fingerprint density at radius 2 is 0.548 bits per heavy atom. The van der Waals surface area contributed by atoms with Crippen LogP contribution < -0.4 is 0 Å². The van der Waals surface area contributed by atoms with Crippen molar-refractivity contribution < 1.29 is 28.6 Å². The minimum atomic E-state index is -0.825. The summed E-state index contributed by atoms with van der Waals surface area (Å²) in [5.74, 6) is -1.01. The first-order chi connectivity index (χ1) is 36.0. The van der Waals surface area contributed by atoms with Crippen LogP contribution >= 0.6 is 0 Å². The molecule has 0 radical (unpaired) electrons. The van der Waals surface area contributed by atoms with Gasteiger partial charge in [0.2, 0.25) is 0 Å². The fraction of sp³-hybridized carbons (Fsp3) is 0.627. The SMILES string of the molecule is CC/C=C\C/C=C\C/C=C\C/C=C\C/C=C\CCCCCC(=O)O[C@@H](COC(=O)CCC/C=C\C/C=C\C/C=C\C/C=C\CCCCC)COC(=O)CCCCCCCCCCC/C=C\C/C=C\CCCCC. The van der Waals surface area contributed by atoms with Crippen molar-refractivity contribution >= 4 is 17.9 Å². The second-order valence-corrected chi connectivity index (χ2v) is 19.2. The Labute approximate surface area is 449 Å².